The van der Waals surface area contributed by atoms with E-state index in [-0.39, 0.29) is 0 Å². The van der Waals surface area contributed by atoms with Crippen molar-refractivity contribution in [2.24, 2.45) is 0 Å². The van der Waals surface area contributed by atoms with E-state index in [4.69, 9.17) is 0 Å². The predicted octanol–water partition coefficient (Wildman–Crippen LogP) is 5.30. The van der Waals surface area contributed by atoms with Gasteiger partial charge in [0.25, 0.3) is 0 Å². The summed E-state index contributed by atoms with van der Waals surface area (Å²) in [5.74, 6) is 0. The van der Waals surface area contributed by atoms with Gasteiger partial charge in [0, 0.05) is 18.3 Å². The van der Waals surface area contributed by atoms with Gasteiger partial charge in [-0.3, -0.25) is 0 Å². The number of rotatable bonds is 6. The molecule has 0 saturated carbocycles. The molecule has 0 aliphatic heterocycles. The van der Waals surface area contributed by atoms with E-state index in [1.54, 1.807) is 11.3 Å². The average molecular weight is 344 g/mol. The maximum atomic E-state index is 4.60. The van der Waals surface area contributed by atoms with Crippen LogP contribution in [0, 0.1) is 0 Å². The maximum absolute atomic E-state index is 4.60. The van der Waals surface area contributed by atoms with Crippen molar-refractivity contribution in [3.8, 4) is 10.4 Å². The van der Waals surface area contributed by atoms with Crippen molar-refractivity contribution in [3.63, 3.8) is 0 Å². The zero-order valence-corrected chi connectivity index (χ0v) is 14.8. The van der Waals surface area contributed by atoms with Crippen LogP contribution in [0.15, 0.2) is 79.0 Å². The average Bonchev–Trinajstić information content (AvgIpc) is 3.14. The van der Waals surface area contributed by atoms with Crippen molar-refractivity contribution in [2.45, 2.75) is 13.0 Å². The summed E-state index contributed by atoms with van der Waals surface area (Å²) in [7, 11) is 0. The van der Waals surface area contributed by atoms with Crippen LogP contribution in [0.2, 0.25) is 0 Å². The molecule has 0 aliphatic rings. The first-order valence-electron chi connectivity index (χ1n) is 8.57. The molecule has 0 aliphatic carbocycles. The molecule has 1 N–H and O–H groups in total. The van der Waals surface area contributed by atoms with Crippen LogP contribution in [0.25, 0.3) is 21.2 Å². The summed E-state index contributed by atoms with van der Waals surface area (Å²) in [6, 6.07) is 25.6. The van der Waals surface area contributed by atoms with Gasteiger partial charge in [-0.1, -0.05) is 72.8 Å². The SMILES string of the molecule is c1ccc(CCNCc2ncc(-c3cccc4ccccc34)s2)cc1. The van der Waals surface area contributed by atoms with Crippen LogP contribution in [0.3, 0.4) is 0 Å². The molecule has 0 saturated heterocycles. The first-order chi connectivity index (χ1) is 12.4. The van der Waals surface area contributed by atoms with Crippen LogP contribution < -0.4 is 5.32 Å². The van der Waals surface area contributed by atoms with Crippen LogP contribution in [-0.2, 0) is 13.0 Å². The molecule has 0 bridgehead atoms. The lowest BCUT2D eigenvalue weighted by Gasteiger charge is -2.04. The van der Waals surface area contributed by atoms with E-state index in [9.17, 15) is 0 Å². The monoisotopic (exact) mass is 344 g/mol. The van der Waals surface area contributed by atoms with E-state index in [2.05, 4.69) is 83.1 Å². The Kier molecular flexibility index (Phi) is 4.86. The Morgan fingerprint density at radius 3 is 2.56 bits per heavy atom. The summed E-state index contributed by atoms with van der Waals surface area (Å²) < 4.78 is 0. The highest BCUT2D eigenvalue weighted by Crippen LogP contribution is 2.32. The highest BCUT2D eigenvalue weighted by Gasteiger charge is 2.07. The second-order valence-electron chi connectivity index (χ2n) is 6.06. The molecular weight excluding hydrogens is 324 g/mol. The molecule has 2 nitrogen and oxygen atoms in total. The van der Waals surface area contributed by atoms with Crippen molar-refractivity contribution < 1.29 is 0 Å². The summed E-state index contributed by atoms with van der Waals surface area (Å²) in [5.41, 5.74) is 2.64. The third kappa shape index (κ3) is 3.78. The second-order valence-corrected chi connectivity index (χ2v) is 7.17. The Bertz CT molecular complexity index is 955. The molecule has 4 aromatic rings. The molecule has 0 radical (unpaired) electrons. The molecule has 3 heteroatoms. The van der Waals surface area contributed by atoms with E-state index >= 15 is 0 Å². The van der Waals surface area contributed by atoms with E-state index in [0.717, 1.165) is 24.5 Å². The van der Waals surface area contributed by atoms with Gasteiger partial charge in [0.1, 0.15) is 5.01 Å². The maximum Gasteiger partial charge on any atom is 0.107 e. The quantitative estimate of drug-likeness (QED) is 0.480. The molecule has 0 amide bonds. The molecule has 124 valence electrons. The summed E-state index contributed by atoms with van der Waals surface area (Å²) in [6.07, 6.45) is 3.04. The van der Waals surface area contributed by atoms with Gasteiger partial charge in [0.2, 0.25) is 0 Å². The summed E-state index contributed by atoms with van der Waals surface area (Å²) in [4.78, 5) is 5.83. The lowest BCUT2D eigenvalue weighted by Crippen LogP contribution is -2.16. The van der Waals surface area contributed by atoms with Crippen LogP contribution in [0.5, 0.6) is 0 Å². The normalized spacial score (nSPS) is 11.0. The minimum Gasteiger partial charge on any atom is -0.310 e. The lowest BCUT2D eigenvalue weighted by molar-refractivity contribution is 0.684. The van der Waals surface area contributed by atoms with Gasteiger partial charge in [-0.25, -0.2) is 4.98 Å². The fourth-order valence-electron chi connectivity index (χ4n) is 3.03. The predicted molar refractivity (Wildman–Crippen MR) is 107 cm³/mol. The summed E-state index contributed by atoms with van der Waals surface area (Å²) in [5, 5.41) is 7.20. The Morgan fingerprint density at radius 2 is 1.64 bits per heavy atom. The van der Waals surface area contributed by atoms with Gasteiger partial charge in [0.15, 0.2) is 0 Å². The zero-order chi connectivity index (χ0) is 16.9. The molecule has 4 rings (SSSR count). The van der Waals surface area contributed by atoms with Gasteiger partial charge in [-0.05, 0) is 29.3 Å². The van der Waals surface area contributed by atoms with Crippen molar-refractivity contribution >= 4 is 22.1 Å². The Labute approximate surface area is 152 Å². The van der Waals surface area contributed by atoms with Crippen LogP contribution in [0.1, 0.15) is 10.6 Å². The molecule has 0 spiro atoms. The largest absolute Gasteiger partial charge is 0.310 e. The van der Waals surface area contributed by atoms with Crippen LogP contribution in [0.4, 0.5) is 0 Å². The molecular formula is C22H20N2S. The summed E-state index contributed by atoms with van der Waals surface area (Å²) >= 11 is 1.77. The number of hydrogen-bond acceptors (Lipinski definition) is 3. The van der Waals surface area contributed by atoms with Gasteiger partial charge in [-0.15, -0.1) is 11.3 Å². The molecule has 25 heavy (non-hydrogen) atoms. The third-order valence-corrected chi connectivity index (χ3v) is 5.35. The highest BCUT2D eigenvalue weighted by molar-refractivity contribution is 7.15. The zero-order valence-electron chi connectivity index (χ0n) is 14.0. The van der Waals surface area contributed by atoms with E-state index in [1.807, 2.05) is 6.20 Å². The minimum absolute atomic E-state index is 0.822. The highest BCUT2D eigenvalue weighted by atomic mass is 32.1. The van der Waals surface area contributed by atoms with Crippen molar-refractivity contribution in [3.05, 3.63) is 89.6 Å². The number of nitrogens with zero attached hydrogens (tertiary/aromatic N) is 1. The summed E-state index contributed by atoms with van der Waals surface area (Å²) in [6.45, 7) is 1.79. The molecule has 0 unspecified atom stereocenters. The smallest absolute Gasteiger partial charge is 0.107 e. The Balaban J connectivity index is 1.42. The van der Waals surface area contributed by atoms with Crippen molar-refractivity contribution in [1.29, 1.82) is 0 Å². The minimum atomic E-state index is 0.822. The molecule has 3 aromatic carbocycles. The fraction of sp³-hybridized carbons (Fsp3) is 0.136. The number of aromatic nitrogens is 1. The topological polar surface area (TPSA) is 24.9 Å². The number of fused-ring (bicyclic) bond motifs is 1. The van der Waals surface area contributed by atoms with Crippen molar-refractivity contribution in [2.75, 3.05) is 6.54 Å². The molecule has 1 aromatic heterocycles. The fourth-order valence-corrected chi connectivity index (χ4v) is 3.96. The Hall–Kier alpha value is -2.49. The standard InChI is InChI=1S/C22H20N2S/c1-2-7-17(8-3-1)13-14-23-16-22-24-15-21(25-22)20-12-6-10-18-9-4-5-11-19(18)20/h1-12,15,23H,13-14,16H2. The number of thiazole rings is 1. The molecule has 0 fully saturated rings. The first-order valence-corrected chi connectivity index (χ1v) is 9.39. The van der Waals surface area contributed by atoms with Crippen LogP contribution in [-0.4, -0.2) is 11.5 Å². The molecule has 0 atom stereocenters. The molecule has 1 heterocycles. The number of hydrogen-bond donors (Lipinski definition) is 1. The number of benzene rings is 3. The van der Waals surface area contributed by atoms with E-state index in [0.29, 0.717) is 0 Å². The third-order valence-electron chi connectivity index (χ3n) is 4.32. The number of nitrogens with one attached hydrogen (secondary N) is 1. The van der Waals surface area contributed by atoms with Gasteiger partial charge in [-0.2, -0.15) is 0 Å². The van der Waals surface area contributed by atoms with Crippen molar-refractivity contribution in [1.82, 2.24) is 10.3 Å². The Morgan fingerprint density at radius 1 is 0.840 bits per heavy atom. The van der Waals surface area contributed by atoms with Crippen LogP contribution >= 0.6 is 11.3 Å². The van der Waals surface area contributed by atoms with Gasteiger partial charge < -0.3 is 5.32 Å². The first kappa shape index (κ1) is 16.0. The van der Waals surface area contributed by atoms with E-state index < -0.39 is 0 Å². The van der Waals surface area contributed by atoms with Gasteiger partial charge in [0.05, 0.1) is 4.88 Å². The van der Waals surface area contributed by atoms with E-state index in [1.165, 1.54) is 26.8 Å². The lowest BCUT2D eigenvalue weighted by atomic mass is 10.0. The second kappa shape index (κ2) is 7.60. The van der Waals surface area contributed by atoms with Gasteiger partial charge >= 0.3 is 0 Å².